The molecule has 1 unspecified atom stereocenters. The van der Waals surface area contributed by atoms with Crippen molar-refractivity contribution in [2.75, 3.05) is 0 Å². The van der Waals surface area contributed by atoms with Gasteiger partial charge in [0.2, 0.25) is 0 Å². The molecule has 1 aromatic carbocycles. The molecule has 2 nitrogen and oxygen atoms in total. The fourth-order valence-electron chi connectivity index (χ4n) is 2.00. The molecule has 0 fully saturated rings. The zero-order chi connectivity index (χ0) is 12.4. The normalized spacial score (nSPS) is 12.7. The molecule has 1 aromatic heterocycles. The Labute approximate surface area is 106 Å². The van der Waals surface area contributed by atoms with Crippen LogP contribution in [0.15, 0.2) is 23.6 Å². The molecule has 2 aromatic rings. The highest BCUT2D eigenvalue weighted by atomic mass is 32.1. The maximum atomic E-state index is 10.2. The van der Waals surface area contributed by atoms with E-state index in [1.54, 1.807) is 11.3 Å². The number of aliphatic hydroxyl groups excluding tert-OH is 1. The highest BCUT2D eigenvalue weighted by molar-refractivity contribution is 7.09. The molecule has 0 radical (unpaired) electrons. The van der Waals surface area contributed by atoms with Crippen molar-refractivity contribution in [1.29, 1.82) is 0 Å². The summed E-state index contributed by atoms with van der Waals surface area (Å²) in [7, 11) is 0. The number of hydrogen-bond acceptors (Lipinski definition) is 3. The fraction of sp³-hybridized carbons (Fsp3) is 0.357. The van der Waals surface area contributed by atoms with Gasteiger partial charge in [-0.1, -0.05) is 18.2 Å². The van der Waals surface area contributed by atoms with Crippen molar-refractivity contribution in [2.24, 2.45) is 0 Å². The zero-order valence-electron chi connectivity index (χ0n) is 10.4. The molecule has 0 bridgehead atoms. The summed E-state index contributed by atoms with van der Waals surface area (Å²) >= 11 is 1.58. The van der Waals surface area contributed by atoms with Crippen LogP contribution in [0.25, 0.3) is 0 Å². The van der Waals surface area contributed by atoms with E-state index < -0.39 is 6.10 Å². The van der Waals surface area contributed by atoms with Crippen LogP contribution in [0.2, 0.25) is 0 Å². The number of benzene rings is 1. The largest absolute Gasteiger partial charge is 0.386 e. The van der Waals surface area contributed by atoms with Crippen LogP contribution in [0.4, 0.5) is 0 Å². The lowest BCUT2D eigenvalue weighted by Gasteiger charge is -2.13. The van der Waals surface area contributed by atoms with Gasteiger partial charge < -0.3 is 5.11 Å². The molecule has 0 aliphatic rings. The number of thiazole rings is 1. The molecule has 2 rings (SSSR count). The number of hydrogen-bond donors (Lipinski definition) is 1. The molecular weight excluding hydrogens is 230 g/mol. The van der Waals surface area contributed by atoms with Crippen LogP contribution in [0.5, 0.6) is 0 Å². The Morgan fingerprint density at radius 3 is 2.41 bits per heavy atom. The molecule has 1 heterocycles. The summed E-state index contributed by atoms with van der Waals surface area (Å²) in [6.45, 7) is 6.13. The van der Waals surface area contributed by atoms with E-state index >= 15 is 0 Å². The minimum Gasteiger partial charge on any atom is -0.386 e. The third-order valence-electron chi connectivity index (χ3n) is 3.02. The van der Waals surface area contributed by atoms with Crippen molar-refractivity contribution in [3.63, 3.8) is 0 Å². The Morgan fingerprint density at radius 1 is 1.24 bits per heavy atom. The van der Waals surface area contributed by atoms with Gasteiger partial charge in [0.1, 0.15) is 6.10 Å². The standard InChI is InChI=1S/C14H17NOS/c1-9-5-4-6-10(2)12(9)7-14(16)13-8-17-11(3)15-13/h4-6,8,14,16H,7H2,1-3H3. The molecule has 0 saturated heterocycles. The van der Waals surface area contributed by atoms with Crippen molar-refractivity contribution in [3.8, 4) is 0 Å². The van der Waals surface area contributed by atoms with E-state index in [4.69, 9.17) is 0 Å². The van der Waals surface area contributed by atoms with Crippen molar-refractivity contribution >= 4 is 11.3 Å². The Morgan fingerprint density at radius 2 is 1.88 bits per heavy atom. The van der Waals surface area contributed by atoms with Crippen LogP contribution in [0.3, 0.4) is 0 Å². The fourth-order valence-corrected chi connectivity index (χ4v) is 2.66. The van der Waals surface area contributed by atoms with Crippen LogP contribution in [0, 0.1) is 20.8 Å². The van der Waals surface area contributed by atoms with Crippen LogP contribution in [-0.2, 0) is 6.42 Å². The summed E-state index contributed by atoms with van der Waals surface area (Å²) in [6, 6.07) is 6.22. The van der Waals surface area contributed by atoms with Gasteiger partial charge in [0.05, 0.1) is 10.7 Å². The van der Waals surface area contributed by atoms with E-state index in [1.807, 2.05) is 18.4 Å². The lowest BCUT2D eigenvalue weighted by atomic mass is 9.97. The Kier molecular flexibility index (Phi) is 3.60. The smallest absolute Gasteiger partial charge is 0.101 e. The van der Waals surface area contributed by atoms with Crippen LogP contribution < -0.4 is 0 Å². The molecule has 0 saturated carbocycles. The average molecular weight is 247 g/mol. The maximum absolute atomic E-state index is 10.2. The number of aryl methyl sites for hydroxylation is 3. The van der Waals surface area contributed by atoms with Gasteiger partial charge in [-0.3, -0.25) is 0 Å². The van der Waals surface area contributed by atoms with E-state index in [0.29, 0.717) is 6.42 Å². The molecule has 1 N–H and O–H groups in total. The monoisotopic (exact) mass is 247 g/mol. The molecule has 0 amide bonds. The number of nitrogens with zero attached hydrogens (tertiary/aromatic N) is 1. The molecule has 0 aliphatic carbocycles. The first-order valence-corrected chi connectivity index (χ1v) is 6.61. The Hall–Kier alpha value is -1.19. The highest BCUT2D eigenvalue weighted by Gasteiger charge is 2.14. The molecule has 0 aliphatic heterocycles. The summed E-state index contributed by atoms with van der Waals surface area (Å²) in [4.78, 5) is 4.33. The topological polar surface area (TPSA) is 33.1 Å². The van der Waals surface area contributed by atoms with Gasteiger partial charge in [-0.25, -0.2) is 4.98 Å². The first-order valence-electron chi connectivity index (χ1n) is 5.73. The van der Waals surface area contributed by atoms with Gasteiger partial charge in [0, 0.05) is 11.8 Å². The van der Waals surface area contributed by atoms with Gasteiger partial charge in [-0.15, -0.1) is 11.3 Å². The first-order chi connectivity index (χ1) is 8.08. The minimum atomic E-state index is -0.500. The Balaban J connectivity index is 2.21. The van der Waals surface area contributed by atoms with E-state index in [9.17, 15) is 5.11 Å². The second-order valence-electron chi connectivity index (χ2n) is 4.38. The molecule has 17 heavy (non-hydrogen) atoms. The number of aliphatic hydroxyl groups is 1. The second kappa shape index (κ2) is 4.98. The summed E-state index contributed by atoms with van der Waals surface area (Å²) < 4.78 is 0. The molecular formula is C14H17NOS. The van der Waals surface area contributed by atoms with Gasteiger partial charge >= 0.3 is 0 Å². The summed E-state index contributed by atoms with van der Waals surface area (Å²) in [5.74, 6) is 0. The highest BCUT2D eigenvalue weighted by Crippen LogP contribution is 2.23. The van der Waals surface area contributed by atoms with Crippen LogP contribution in [-0.4, -0.2) is 10.1 Å². The van der Waals surface area contributed by atoms with E-state index in [0.717, 1.165) is 10.7 Å². The predicted molar refractivity (Wildman–Crippen MR) is 71.4 cm³/mol. The van der Waals surface area contributed by atoms with E-state index in [2.05, 4.69) is 31.0 Å². The molecule has 1 atom stereocenters. The van der Waals surface area contributed by atoms with Crippen LogP contribution >= 0.6 is 11.3 Å². The van der Waals surface area contributed by atoms with Crippen molar-refractivity contribution in [2.45, 2.75) is 33.3 Å². The number of aromatic nitrogens is 1. The van der Waals surface area contributed by atoms with Crippen molar-refractivity contribution < 1.29 is 5.11 Å². The average Bonchev–Trinajstić information content (AvgIpc) is 2.70. The second-order valence-corrected chi connectivity index (χ2v) is 5.44. The van der Waals surface area contributed by atoms with Crippen molar-refractivity contribution in [3.05, 3.63) is 51.0 Å². The first kappa shape index (κ1) is 12.3. The third-order valence-corrected chi connectivity index (χ3v) is 3.81. The lowest BCUT2D eigenvalue weighted by Crippen LogP contribution is -2.05. The molecule has 0 spiro atoms. The predicted octanol–water partition coefficient (Wildman–Crippen LogP) is 3.34. The minimum absolute atomic E-state index is 0.500. The lowest BCUT2D eigenvalue weighted by molar-refractivity contribution is 0.174. The SMILES string of the molecule is Cc1nc(C(O)Cc2c(C)cccc2C)cs1. The summed E-state index contributed by atoms with van der Waals surface area (Å²) in [5, 5.41) is 13.1. The number of rotatable bonds is 3. The molecule has 90 valence electrons. The van der Waals surface area contributed by atoms with Gasteiger partial charge in [-0.2, -0.15) is 0 Å². The summed E-state index contributed by atoms with van der Waals surface area (Å²) in [6.07, 6.45) is 0.140. The summed E-state index contributed by atoms with van der Waals surface area (Å²) in [5.41, 5.74) is 4.48. The Bertz CT molecular complexity index is 498. The van der Waals surface area contributed by atoms with Crippen molar-refractivity contribution in [1.82, 2.24) is 4.98 Å². The van der Waals surface area contributed by atoms with E-state index in [1.165, 1.54) is 16.7 Å². The van der Waals surface area contributed by atoms with Crippen LogP contribution in [0.1, 0.15) is 33.5 Å². The van der Waals surface area contributed by atoms with Gasteiger partial charge in [0.25, 0.3) is 0 Å². The maximum Gasteiger partial charge on any atom is 0.101 e. The molecule has 3 heteroatoms. The zero-order valence-corrected chi connectivity index (χ0v) is 11.2. The quantitative estimate of drug-likeness (QED) is 0.902. The van der Waals surface area contributed by atoms with Gasteiger partial charge in [-0.05, 0) is 37.5 Å². The van der Waals surface area contributed by atoms with Gasteiger partial charge in [0.15, 0.2) is 0 Å². The van der Waals surface area contributed by atoms with E-state index in [-0.39, 0.29) is 0 Å². The third kappa shape index (κ3) is 2.73.